The Balaban J connectivity index is 1.96. The van der Waals surface area contributed by atoms with Crippen molar-refractivity contribution in [1.82, 2.24) is 0 Å². The number of aliphatic hydroxyl groups excluding tert-OH is 1. The van der Waals surface area contributed by atoms with E-state index < -0.39 is 23.7 Å². The zero-order valence-electron chi connectivity index (χ0n) is 20.2. The van der Waals surface area contributed by atoms with Gasteiger partial charge in [-0.25, -0.2) is 0 Å². The molecule has 1 atom stereocenters. The molecule has 1 fully saturated rings. The Labute approximate surface area is 213 Å². The number of Topliss-reactive ketones (excluding diaryl/α,β-unsaturated/α-hetero) is 1. The van der Waals surface area contributed by atoms with Gasteiger partial charge in [0, 0.05) is 18.2 Å². The Morgan fingerprint density at radius 2 is 1.75 bits per heavy atom. The Kier molecular flexibility index (Phi) is 6.86. The first-order valence-electron chi connectivity index (χ1n) is 11.1. The van der Waals surface area contributed by atoms with Gasteiger partial charge in [-0.3, -0.25) is 19.3 Å². The van der Waals surface area contributed by atoms with Crippen LogP contribution in [0.15, 0.2) is 66.2 Å². The second-order valence-electron chi connectivity index (χ2n) is 8.45. The van der Waals surface area contributed by atoms with Gasteiger partial charge in [-0.05, 0) is 73.0 Å². The zero-order valence-corrected chi connectivity index (χ0v) is 20.9. The van der Waals surface area contributed by atoms with Crippen molar-refractivity contribution in [3.8, 4) is 11.5 Å². The van der Waals surface area contributed by atoms with E-state index in [9.17, 15) is 19.5 Å². The van der Waals surface area contributed by atoms with Gasteiger partial charge in [0.15, 0.2) is 0 Å². The van der Waals surface area contributed by atoms with Crippen molar-refractivity contribution >= 4 is 40.7 Å². The number of aryl methyl sites for hydroxylation is 2. The van der Waals surface area contributed by atoms with Crippen molar-refractivity contribution in [2.24, 2.45) is 0 Å². The minimum atomic E-state index is -0.982. The number of ketones is 1. The average molecular weight is 506 g/mol. The van der Waals surface area contributed by atoms with E-state index in [2.05, 4.69) is 0 Å². The molecule has 0 bridgehead atoms. The van der Waals surface area contributed by atoms with Crippen molar-refractivity contribution in [2.75, 3.05) is 12.0 Å². The van der Waals surface area contributed by atoms with E-state index in [1.165, 1.54) is 37.1 Å². The average Bonchev–Trinajstić information content (AvgIpc) is 3.11. The highest BCUT2D eigenvalue weighted by Gasteiger charge is 2.47. The minimum Gasteiger partial charge on any atom is -0.507 e. The molecule has 0 saturated carbocycles. The molecular formula is C28H24ClNO6. The van der Waals surface area contributed by atoms with Gasteiger partial charge in [0.1, 0.15) is 17.3 Å². The Morgan fingerprint density at radius 1 is 1.00 bits per heavy atom. The van der Waals surface area contributed by atoms with Crippen LogP contribution in [0, 0.1) is 13.8 Å². The van der Waals surface area contributed by atoms with E-state index in [4.69, 9.17) is 21.1 Å². The lowest BCUT2D eigenvalue weighted by atomic mass is 9.94. The topological polar surface area (TPSA) is 93.1 Å². The molecule has 4 rings (SSSR count). The molecule has 1 unspecified atom stereocenters. The summed E-state index contributed by atoms with van der Waals surface area (Å²) in [6, 6.07) is 15.5. The van der Waals surface area contributed by atoms with Gasteiger partial charge in [0.05, 0.1) is 23.7 Å². The SMILES string of the molecule is COc1cc(/C(O)=C2\C(=O)C(=O)N(c3ccc(C)c(C)c3)C2c2cccc(OC(C)=O)c2)ccc1Cl. The summed E-state index contributed by atoms with van der Waals surface area (Å²) in [5, 5.41) is 11.7. The van der Waals surface area contributed by atoms with Crippen molar-refractivity contribution in [1.29, 1.82) is 0 Å². The summed E-state index contributed by atoms with van der Waals surface area (Å²) in [6.07, 6.45) is 0. The van der Waals surface area contributed by atoms with E-state index in [0.717, 1.165) is 11.1 Å². The van der Waals surface area contributed by atoms with Gasteiger partial charge in [-0.15, -0.1) is 0 Å². The van der Waals surface area contributed by atoms with Crippen LogP contribution in [0.2, 0.25) is 5.02 Å². The van der Waals surface area contributed by atoms with Crippen LogP contribution < -0.4 is 14.4 Å². The van der Waals surface area contributed by atoms with Gasteiger partial charge in [0.25, 0.3) is 11.7 Å². The van der Waals surface area contributed by atoms with Crippen molar-refractivity contribution in [3.63, 3.8) is 0 Å². The van der Waals surface area contributed by atoms with Crippen LogP contribution in [0.5, 0.6) is 11.5 Å². The summed E-state index contributed by atoms with van der Waals surface area (Å²) in [7, 11) is 1.43. The normalized spacial score (nSPS) is 16.8. The summed E-state index contributed by atoms with van der Waals surface area (Å²) >= 11 is 6.13. The van der Waals surface area contributed by atoms with Gasteiger partial charge in [-0.1, -0.05) is 29.8 Å². The summed E-state index contributed by atoms with van der Waals surface area (Å²) in [5.74, 6) is -1.97. The van der Waals surface area contributed by atoms with E-state index in [1.807, 2.05) is 26.0 Å². The third kappa shape index (κ3) is 4.57. The number of hydrogen-bond acceptors (Lipinski definition) is 6. The molecule has 36 heavy (non-hydrogen) atoms. The first-order valence-corrected chi connectivity index (χ1v) is 11.5. The lowest BCUT2D eigenvalue weighted by Gasteiger charge is -2.26. The van der Waals surface area contributed by atoms with Gasteiger partial charge in [0.2, 0.25) is 0 Å². The highest BCUT2D eigenvalue weighted by molar-refractivity contribution is 6.51. The minimum absolute atomic E-state index is 0.109. The molecule has 0 radical (unpaired) electrons. The Morgan fingerprint density at radius 3 is 2.42 bits per heavy atom. The maximum atomic E-state index is 13.4. The fraction of sp³-hybridized carbons (Fsp3) is 0.179. The monoisotopic (exact) mass is 505 g/mol. The highest BCUT2D eigenvalue weighted by Crippen LogP contribution is 2.43. The third-order valence-corrected chi connectivity index (χ3v) is 6.39. The molecule has 8 heteroatoms. The summed E-state index contributed by atoms with van der Waals surface area (Å²) in [5.41, 5.74) is 3.09. The predicted octanol–water partition coefficient (Wildman–Crippen LogP) is 5.52. The van der Waals surface area contributed by atoms with Crippen LogP contribution in [0.4, 0.5) is 5.69 Å². The number of carbonyl (C=O) groups is 3. The van der Waals surface area contributed by atoms with E-state index in [1.54, 1.807) is 30.3 Å². The molecule has 0 aromatic heterocycles. The molecule has 7 nitrogen and oxygen atoms in total. The fourth-order valence-corrected chi connectivity index (χ4v) is 4.36. The molecule has 1 amide bonds. The number of rotatable bonds is 5. The molecule has 3 aromatic carbocycles. The number of nitrogens with zero attached hydrogens (tertiary/aromatic N) is 1. The molecular weight excluding hydrogens is 482 g/mol. The fourth-order valence-electron chi connectivity index (χ4n) is 4.17. The number of methoxy groups -OCH3 is 1. The smallest absolute Gasteiger partial charge is 0.308 e. The maximum Gasteiger partial charge on any atom is 0.308 e. The number of aliphatic hydroxyl groups is 1. The number of amides is 1. The van der Waals surface area contributed by atoms with E-state index >= 15 is 0 Å². The Bertz CT molecular complexity index is 1430. The lowest BCUT2D eigenvalue weighted by molar-refractivity contribution is -0.132. The first-order chi connectivity index (χ1) is 17.1. The molecule has 0 aliphatic carbocycles. The standard InChI is InChI=1S/C28H24ClNO6/c1-15-8-10-20(12-16(15)2)30-25(18-6-5-7-21(13-18)36-17(3)31)24(27(33)28(30)34)26(32)19-9-11-22(29)23(14-19)35-4/h5-14,25,32H,1-4H3/b26-24+. The summed E-state index contributed by atoms with van der Waals surface area (Å²) in [4.78, 5) is 39.6. The largest absolute Gasteiger partial charge is 0.507 e. The molecule has 3 aromatic rings. The molecule has 0 spiro atoms. The summed E-state index contributed by atoms with van der Waals surface area (Å²) in [6.45, 7) is 5.13. The third-order valence-electron chi connectivity index (χ3n) is 6.07. The van der Waals surface area contributed by atoms with Crippen LogP contribution in [-0.4, -0.2) is 29.9 Å². The predicted molar refractivity (Wildman–Crippen MR) is 136 cm³/mol. The van der Waals surface area contributed by atoms with Crippen LogP contribution in [0.3, 0.4) is 0 Å². The van der Waals surface area contributed by atoms with Gasteiger partial charge in [-0.2, -0.15) is 0 Å². The van der Waals surface area contributed by atoms with E-state index in [-0.39, 0.29) is 22.6 Å². The molecule has 1 aliphatic rings. The van der Waals surface area contributed by atoms with Crippen molar-refractivity contribution < 1.29 is 29.0 Å². The van der Waals surface area contributed by atoms with Crippen LogP contribution in [-0.2, 0) is 14.4 Å². The van der Waals surface area contributed by atoms with Gasteiger partial charge < -0.3 is 14.6 Å². The number of ether oxygens (including phenoxy) is 2. The molecule has 1 saturated heterocycles. The molecule has 1 aliphatic heterocycles. The number of benzene rings is 3. The number of carbonyl (C=O) groups excluding carboxylic acids is 3. The van der Waals surface area contributed by atoms with Crippen molar-refractivity contribution in [2.45, 2.75) is 26.8 Å². The number of halogens is 1. The quantitative estimate of drug-likeness (QED) is 0.161. The lowest BCUT2D eigenvalue weighted by Crippen LogP contribution is -2.29. The number of anilines is 1. The molecule has 184 valence electrons. The number of hydrogen-bond donors (Lipinski definition) is 1. The second kappa shape index (κ2) is 9.87. The maximum absolute atomic E-state index is 13.4. The first kappa shape index (κ1) is 25.0. The molecule has 1 heterocycles. The van der Waals surface area contributed by atoms with Crippen LogP contribution >= 0.6 is 11.6 Å². The number of esters is 1. The summed E-state index contributed by atoms with van der Waals surface area (Å²) < 4.78 is 10.5. The van der Waals surface area contributed by atoms with Crippen LogP contribution in [0.25, 0.3) is 5.76 Å². The zero-order chi connectivity index (χ0) is 26.1. The highest BCUT2D eigenvalue weighted by atomic mass is 35.5. The molecule has 1 N–H and O–H groups in total. The second-order valence-corrected chi connectivity index (χ2v) is 8.86. The van der Waals surface area contributed by atoms with Crippen LogP contribution in [0.1, 0.15) is 35.2 Å². The Hall–Kier alpha value is -4.10. The van der Waals surface area contributed by atoms with Crippen molar-refractivity contribution in [3.05, 3.63) is 93.5 Å². The van der Waals surface area contributed by atoms with E-state index in [0.29, 0.717) is 22.0 Å². The van der Waals surface area contributed by atoms with Gasteiger partial charge >= 0.3 is 5.97 Å².